The molecule has 9 nitrogen and oxygen atoms in total. The SMILES string of the molecule is CC(C)(C)c1cc(NC(=O)[C@@H]2CCCN2C(=O)N2CCS(=O)(=O)CC2)on1. The van der Waals surface area contributed by atoms with Gasteiger partial charge in [0.1, 0.15) is 6.04 Å². The molecule has 27 heavy (non-hydrogen) atoms. The van der Waals surface area contributed by atoms with Crippen molar-refractivity contribution in [2.45, 2.75) is 45.1 Å². The zero-order valence-electron chi connectivity index (χ0n) is 15.9. The summed E-state index contributed by atoms with van der Waals surface area (Å²) < 4.78 is 28.3. The molecule has 3 heterocycles. The van der Waals surface area contributed by atoms with Crippen LogP contribution in [0.2, 0.25) is 0 Å². The molecule has 1 N–H and O–H groups in total. The highest BCUT2D eigenvalue weighted by Crippen LogP contribution is 2.25. The summed E-state index contributed by atoms with van der Waals surface area (Å²) in [6, 6.07) is 0.809. The number of rotatable bonds is 2. The molecule has 0 aromatic carbocycles. The van der Waals surface area contributed by atoms with Gasteiger partial charge in [-0.25, -0.2) is 13.2 Å². The monoisotopic (exact) mass is 398 g/mol. The number of nitrogens with zero attached hydrogens (tertiary/aromatic N) is 3. The van der Waals surface area contributed by atoms with Crippen molar-refractivity contribution in [1.82, 2.24) is 15.0 Å². The Morgan fingerprint density at radius 1 is 1.22 bits per heavy atom. The van der Waals surface area contributed by atoms with Crippen LogP contribution in [0.5, 0.6) is 0 Å². The molecule has 2 aliphatic heterocycles. The van der Waals surface area contributed by atoms with Gasteiger partial charge in [-0.1, -0.05) is 25.9 Å². The van der Waals surface area contributed by atoms with Crippen molar-refractivity contribution in [3.63, 3.8) is 0 Å². The first-order chi connectivity index (χ1) is 12.6. The van der Waals surface area contributed by atoms with Crippen molar-refractivity contribution in [2.75, 3.05) is 36.5 Å². The largest absolute Gasteiger partial charge is 0.338 e. The summed E-state index contributed by atoms with van der Waals surface area (Å²) in [5.41, 5.74) is 0.530. The fraction of sp³-hybridized carbons (Fsp3) is 0.706. The van der Waals surface area contributed by atoms with Crippen LogP contribution < -0.4 is 5.32 Å². The van der Waals surface area contributed by atoms with Crippen molar-refractivity contribution in [1.29, 1.82) is 0 Å². The van der Waals surface area contributed by atoms with Crippen molar-refractivity contribution in [3.8, 4) is 0 Å². The van der Waals surface area contributed by atoms with E-state index in [0.717, 1.165) is 12.1 Å². The highest BCUT2D eigenvalue weighted by Gasteiger charge is 2.38. The molecule has 2 fully saturated rings. The summed E-state index contributed by atoms with van der Waals surface area (Å²) in [7, 11) is -3.06. The normalized spacial score (nSPS) is 22.7. The van der Waals surface area contributed by atoms with Gasteiger partial charge < -0.3 is 14.3 Å². The molecule has 1 aromatic heterocycles. The Kier molecular flexibility index (Phi) is 5.20. The molecular weight excluding hydrogens is 372 g/mol. The molecule has 3 amide bonds. The third kappa shape index (κ3) is 4.42. The van der Waals surface area contributed by atoms with Gasteiger partial charge in [-0.2, -0.15) is 0 Å². The molecule has 0 bridgehead atoms. The molecule has 3 rings (SSSR count). The van der Waals surface area contributed by atoms with Crippen LogP contribution in [0.1, 0.15) is 39.3 Å². The highest BCUT2D eigenvalue weighted by atomic mass is 32.2. The number of nitrogens with one attached hydrogen (secondary N) is 1. The first-order valence-corrected chi connectivity index (χ1v) is 10.9. The van der Waals surface area contributed by atoms with E-state index in [1.54, 1.807) is 6.07 Å². The van der Waals surface area contributed by atoms with Crippen molar-refractivity contribution >= 4 is 27.7 Å². The van der Waals surface area contributed by atoms with Crippen LogP contribution in [0.25, 0.3) is 0 Å². The number of urea groups is 1. The van der Waals surface area contributed by atoms with E-state index >= 15 is 0 Å². The molecule has 0 radical (unpaired) electrons. The van der Waals surface area contributed by atoms with Gasteiger partial charge in [0, 0.05) is 31.1 Å². The number of aromatic nitrogens is 1. The van der Waals surface area contributed by atoms with Crippen LogP contribution in [0, 0.1) is 0 Å². The second-order valence-electron chi connectivity index (χ2n) is 8.09. The second-order valence-corrected chi connectivity index (χ2v) is 10.4. The zero-order chi connectivity index (χ0) is 19.8. The lowest BCUT2D eigenvalue weighted by molar-refractivity contribution is -0.119. The number of anilines is 1. The Hall–Kier alpha value is -2.10. The number of amides is 3. The lowest BCUT2D eigenvalue weighted by Crippen LogP contribution is -2.53. The molecule has 0 unspecified atom stereocenters. The van der Waals surface area contributed by atoms with Gasteiger partial charge in [-0.3, -0.25) is 10.1 Å². The van der Waals surface area contributed by atoms with Crippen LogP contribution in [0.3, 0.4) is 0 Å². The van der Waals surface area contributed by atoms with Crippen molar-refractivity contribution in [3.05, 3.63) is 11.8 Å². The third-order valence-corrected chi connectivity index (χ3v) is 6.55. The number of sulfone groups is 1. The molecule has 1 atom stereocenters. The van der Waals surface area contributed by atoms with Crippen LogP contribution in [0.15, 0.2) is 10.6 Å². The summed E-state index contributed by atoms with van der Waals surface area (Å²) in [6.07, 6.45) is 1.28. The Bertz CT molecular complexity index is 813. The van der Waals surface area contributed by atoms with Gasteiger partial charge in [0.15, 0.2) is 9.84 Å². The van der Waals surface area contributed by atoms with Gasteiger partial charge in [-0.05, 0) is 12.8 Å². The first kappa shape index (κ1) is 19.7. The number of carbonyl (C=O) groups excluding carboxylic acids is 2. The number of hydrogen-bond acceptors (Lipinski definition) is 6. The quantitative estimate of drug-likeness (QED) is 0.802. The van der Waals surface area contributed by atoms with E-state index in [1.165, 1.54) is 9.80 Å². The lowest BCUT2D eigenvalue weighted by Gasteiger charge is -2.33. The Morgan fingerprint density at radius 2 is 1.89 bits per heavy atom. The van der Waals surface area contributed by atoms with E-state index in [-0.39, 0.29) is 47.8 Å². The predicted molar refractivity (Wildman–Crippen MR) is 99.2 cm³/mol. The van der Waals surface area contributed by atoms with E-state index in [0.29, 0.717) is 13.0 Å². The molecule has 0 spiro atoms. The van der Waals surface area contributed by atoms with E-state index < -0.39 is 15.9 Å². The van der Waals surface area contributed by atoms with E-state index in [4.69, 9.17) is 4.52 Å². The molecule has 1 aromatic rings. The summed E-state index contributed by atoms with van der Waals surface area (Å²) in [5, 5.41) is 6.67. The molecule has 0 saturated carbocycles. The van der Waals surface area contributed by atoms with E-state index in [9.17, 15) is 18.0 Å². The fourth-order valence-corrected chi connectivity index (χ4v) is 4.45. The minimum atomic E-state index is -3.06. The Balaban J connectivity index is 1.64. The maximum absolute atomic E-state index is 12.8. The average molecular weight is 398 g/mol. The summed E-state index contributed by atoms with van der Waals surface area (Å²) in [6.45, 7) is 6.79. The average Bonchev–Trinajstić information content (AvgIpc) is 3.22. The minimum absolute atomic E-state index is 0.0307. The van der Waals surface area contributed by atoms with Gasteiger partial charge in [-0.15, -0.1) is 0 Å². The number of likely N-dealkylation sites (tertiary alicyclic amines) is 1. The third-order valence-electron chi connectivity index (χ3n) is 4.94. The van der Waals surface area contributed by atoms with Gasteiger partial charge >= 0.3 is 6.03 Å². The summed E-state index contributed by atoms with van der Waals surface area (Å²) >= 11 is 0. The smallest absolute Gasteiger partial charge is 0.320 e. The van der Waals surface area contributed by atoms with Crippen LogP contribution in [-0.4, -0.2) is 72.5 Å². The fourth-order valence-electron chi connectivity index (χ4n) is 3.25. The standard InChI is InChI=1S/C17H26N4O5S/c1-17(2,3)13-11-14(26-19-13)18-15(22)12-5-4-6-21(12)16(23)20-7-9-27(24,25)10-8-20/h11-12H,4-10H2,1-3H3,(H,18,22)/t12-/m0/s1. The maximum atomic E-state index is 12.8. The van der Waals surface area contributed by atoms with Crippen molar-refractivity contribution in [2.24, 2.45) is 0 Å². The topological polar surface area (TPSA) is 113 Å². The molecule has 2 aliphatic rings. The number of carbonyl (C=O) groups is 2. The molecule has 0 aliphatic carbocycles. The van der Waals surface area contributed by atoms with Gasteiger partial charge in [0.25, 0.3) is 0 Å². The molecule has 2 saturated heterocycles. The van der Waals surface area contributed by atoms with Crippen LogP contribution in [-0.2, 0) is 20.0 Å². The highest BCUT2D eigenvalue weighted by molar-refractivity contribution is 7.91. The molecule has 10 heteroatoms. The van der Waals surface area contributed by atoms with Gasteiger partial charge in [0.2, 0.25) is 11.8 Å². The first-order valence-electron chi connectivity index (χ1n) is 9.11. The molecule has 150 valence electrons. The van der Waals surface area contributed by atoms with E-state index in [2.05, 4.69) is 10.5 Å². The summed E-state index contributed by atoms with van der Waals surface area (Å²) in [5.74, 6) is -0.121. The summed E-state index contributed by atoms with van der Waals surface area (Å²) in [4.78, 5) is 28.5. The van der Waals surface area contributed by atoms with Crippen LogP contribution in [0.4, 0.5) is 10.7 Å². The predicted octanol–water partition coefficient (Wildman–Crippen LogP) is 1.23. The second kappa shape index (κ2) is 7.14. The minimum Gasteiger partial charge on any atom is -0.338 e. The van der Waals surface area contributed by atoms with Gasteiger partial charge in [0.05, 0.1) is 17.2 Å². The maximum Gasteiger partial charge on any atom is 0.320 e. The zero-order valence-corrected chi connectivity index (χ0v) is 16.7. The Morgan fingerprint density at radius 3 is 2.48 bits per heavy atom. The molecular formula is C17H26N4O5S. The van der Waals surface area contributed by atoms with E-state index in [1.807, 2.05) is 20.8 Å². The lowest BCUT2D eigenvalue weighted by atomic mass is 9.92. The Labute approximate surface area is 159 Å². The van der Waals surface area contributed by atoms with Crippen molar-refractivity contribution < 1.29 is 22.5 Å². The van der Waals surface area contributed by atoms with Crippen LogP contribution >= 0.6 is 0 Å². The number of hydrogen-bond donors (Lipinski definition) is 1.